The summed E-state index contributed by atoms with van der Waals surface area (Å²) < 4.78 is 5.88. The number of hydrogen-bond acceptors (Lipinski definition) is 3. The molecule has 1 aromatic rings. The summed E-state index contributed by atoms with van der Waals surface area (Å²) >= 11 is 0. The first-order valence-corrected chi connectivity index (χ1v) is 6.40. The zero-order chi connectivity index (χ0) is 13.0. The molecule has 4 nitrogen and oxygen atoms in total. The minimum absolute atomic E-state index is 0.0823. The molecule has 0 radical (unpaired) electrons. The van der Waals surface area contributed by atoms with Crippen LogP contribution in [0.5, 0.6) is 5.75 Å². The molecule has 4 heteroatoms. The van der Waals surface area contributed by atoms with E-state index in [2.05, 4.69) is 0 Å². The summed E-state index contributed by atoms with van der Waals surface area (Å²) in [6, 6.07) is 7.37. The molecule has 2 rings (SSSR count). The molecule has 1 aromatic carbocycles. The van der Waals surface area contributed by atoms with Crippen LogP contribution in [-0.4, -0.2) is 17.2 Å². The lowest BCUT2D eigenvalue weighted by atomic mass is 9.95. The van der Waals surface area contributed by atoms with Crippen LogP contribution in [0, 0.1) is 0 Å². The molecule has 1 atom stereocenters. The van der Waals surface area contributed by atoms with E-state index >= 15 is 0 Å². The Balaban J connectivity index is 2.02. The van der Waals surface area contributed by atoms with Crippen molar-refractivity contribution in [3.05, 3.63) is 29.8 Å². The molecule has 18 heavy (non-hydrogen) atoms. The van der Waals surface area contributed by atoms with E-state index in [0.717, 1.165) is 24.2 Å². The third-order valence-electron chi connectivity index (χ3n) is 3.33. The van der Waals surface area contributed by atoms with Crippen molar-refractivity contribution in [2.45, 2.75) is 44.2 Å². The molecule has 0 aliphatic heterocycles. The van der Waals surface area contributed by atoms with E-state index in [4.69, 9.17) is 15.6 Å². The summed E-state index contributed by atoms with van der Waals surface area (Å²) in [6.07, 6.45) is 4.23. The zero-order valence-electron chi connectivity index (χ0n) is 10.3. The summed E-state index contributed by atoms with van der Waals surface area (Å²) in [5.41, 5.74) is 6.94. The van der Waals surface area contributed by atoms with Gasteiger partial charge in [0.15, 0.2) is 0 Å². The van der Waals surface area contributed by atoms with Crippen LogP contribution in [0.25, 0.3) is 0 Å². The maximum atomic E-state index is 10.6. The maximum Gasteiger partial charge on any atom is 0.303 e. The topological polar surface area (TPSA) is 72.6 Å². The molecule has 1 aliphatic rings. The van der Waals surface area contributed by atoms with Gasteiger partial charge in [-0.05, 0) is 31.7 Å². The van der Waals surface area contributed by atoms with Crippen LogP contribution in [0.3, 0.4) is 0 Å². The minimum atomic E-state index is -0.817. The number of carboxylic acids is 1. The second-order valence-electron chi connectivity index (χ2n) is 4.75. The van der Waals surface area contributed by atoms with Crippen molar-refractivity contribution in [3.63, 3.8) is 0 Å². The van der Waals surface area contributed by atoms with E-state index in [1.807, 2.05) is 24.3 Å². The molecule has 1 saturated carbocycles. The third-order valence-corrected chi connectivity index (χ3v) is 3.33. The summed E-state index contributed by atoms with van der Waals surface area (Å²) in [5.74, 6) is -0.0112. The van der Waals surface area contributed by atoms with Crippen molar-refractivity contribution < 1.29 is 14.6 Å². The largest absolute Gasteiger partial charge is 0.490 e. The van der Waals surface area contributed by atoms with E-state index in [1.54, 1.807) is 0 Å². The number of carbonyl (C=O) groups is 1. The van der Waals surface area contributed by atoms with Crippen LogP contribution in [-0.2, 0) is 4.79 Å². The van der Waals surface area contributed by atoms with E-state index in [-0.39, 0.29) is 12.5 Å². The number of aliphatic carboxylic acids is 1. The van der Waals surface area contributed by atoms with Crippen LogP contribution in [0.2, 0.25) is 0 Å². The second kappa shape index (κ2) is 5.87. The maximum absolute atomic E-state index is 10.6. The Morgan fingerprint density at radius 1 is 1.44 bits per heavy atom. The van der Waals surface area contributed by atoms with Gasteiger partial charge in [0.25, 0.3) is 0 Å². The predicted octanol–water partition coefficient (Wildman–Crippen LogP) is 2.48. The smallest absolute Gasteiger partial charge is 0.303 e. The Morgan fingerprint density at radius 3 is 2.78 bits per heavy atom. The number of hydrogen-bond donors (Lipinski definition) is 2. The van der Waals surface area contributed by atoms with Gasteiger partial charge in [-0.2, -0.15) is 0 Å². The highest BCUT2D eigenvalue weighted by molar-refractivity contribution is 5.66. The molecule has 0 aromatic heterocycles. The van der Waals surface area contributed by atoms with Crippen molar-refractivity contribution in [1.82, 2.24) is 0 Å². The Bertz CT molecular complexity index is 415. The lowest BCUT2D eigenvalue weighted by molar-refractivity contribution is -0.137. The van der Waals surface area contributed by atoms with Crippen LogP contribution in [0.15, 0.2) is 24.3 Å². The molecular formula is C14H19NO3. The SMILES string of the molecule is NC(CCC(=O)O)c1ccccc1OC1CCC1. The van der Waals surface area contributed by atoms with Gasteiger partial charge in [0, 0.05) is 18.0 Å². The summed E-state index contributed by atoms with van der Waals surface area (Å²) in [7, 11) is 0. The van der Waals surface area contributed by atoms with E-state index < -0.39 is 5.97 Å². The monoisotopic (exact) mass is 249 g/mol. The molecule has 98 valence electrons. The first kappa shape index (κ1) is 12.9. The second-order valence-corrected chi connectivity index (χ2v) is 4.75. The Morgan fingerprint density at radius 2 is 2.17 bits per heavy atom. The molecule has 0 bridgehead atoms. The van der Waals surface area contributed by atoms with Crippen molar-refractivity contribution in [1.29, 1.82) is 0 Å². The number of para-hydroxylation sites is 1. The molecule has 0 heterocycles. The molecule has 1 fully saturated rings. The van der Waals surface area contributed by atoms with Crippen molar-refractivity contribution in [2.75, 3.05) is 0 Å². The molecule has 1 aliphatic carbocycles. The van der Waals surface area contributed by atoms with Gasteiger partial charge in [0.2, 0.25) is 0 Å². The fourth-order valence-corrected chi connectivity index (χ4v) is 2.00. The third kappa shape index (κ3) is 3.23. The number of rotatable bonds is 6. The van der Waals surface area contributed by atoms with Crippen molar-refractivity contribution in [3.8, 4) is 5.75 Å². The van der Waals surface area contributed by atoms with E-state index in [1.165, 1.54) is 6.42 Å². The average Bonchev–Trinajstić information content (AvgIpc) is 2.31. The lowest BCUT2D eigenvalue weighted by Gasteiger charge is -2.28. The van der Waals surface area contributed by atoms with Gasteiger partial charge < -0.3 is 15.6 Å². The van der Waals surface area contributed by atoms with Gasteiger partial charge in [0.1, 0.15) is 5.75 Å². The molecule has 1 unspecified atom stereocenters. The van der Waals surface area contributed by atoms with Crippen LogP contribution >= 0.6 is 0 Å². The molecule has 0 amide bonds. The Labute approximate surface area is 107 Å². The fourth-order valence-electron chi connectivity index (χ4n) is 2.00. The zero-order valence-corrected chi connectivity index (χ0v) is 10.3. The molecule has 3 N–H and O–H groups in total. The molecular weight excluding hydrogens is 230 g/mol. The molecule has 0 spiro atoms. The first-order chi connectivity index (χ1) is 8.66. The number of ether oxygens (including phenoxy) is 1. The molecule has 0 saturated heterocycles. The minimum Gasteiger partial charge on any atom is -0.490 e. The Kier molecular flexibility index (Phi) is 4.20. The quantitative estimate of drug-likeness (QED) is 0.812. The first-order valence-electron chi connectivity index (χ1n) is 6.40. The van der Waals surface area contributed by atoms with E-state index in [9.17, 15) is 4.79 Å². The van der Waals surface area contributed by atoms with E-state index in [0.29, 0.717) is 12.5 Å². The predicted molar refractivity (Wildman–Crippen MR) is 68.5 cm³/mol. The van der Waals surface area contributed by atoms with Gasteiger partial charge >= 0.3 is 5.97 Å². The van der Waals surface area contributed by atoms with Crippen LogP contribution < -0.4 is 10.5 Å². The van der Waals surface area contributed by atoms with Crippen LogP contribution in [0.4, 0.5) is 0 Å². The fraction of sp³-hybridized carbons (Fsp3) is 0.500. The van der Waals surface area contributed by atoms with Gasteiger partial charge in [-0.25, -0.2) is 0 Å². The van der Waals surface area contributed by atoms with Gasteiger partial charge in [-0.15, -0.1) is 0 Å². The highest BCUT2D eigenvalue weighted by atomic mass is 16.5. The normalized spacial score (nSPS) is 16.9. The van der Waals surface area contributed by atoms with Gasteiger partial charge in [-0.3, -0.25) is 4.79 Å². The van der Waals surface area contributed by atoms with Gasteiger partial charge in [0.05, 0.1) is 6.10 Å². The van der Waals surface area contributed by atoms with Crippen molar-refractivity contribution >= 4 is 5.97 Å². The number of benzene rings is 1. The standard InChI is InChI=1S/C14H19NO3/c15-12(8-9-14(16)17)11-6-1-2-7-13(11)18-10-4-3-5-10/h1-2,6-7,10,12H,3-5,8-9,15H2,(H,16,17). The number of carboxylic acid groups (broad SMARTS) is 1. The lowest BCUT2D eigenvalue weighted by Crippen LogP contribution is -2.25. The Hall–Kier alpha value is -1.55. The highest BCUT2D eigenvalue weighted by Crippen LogP contribution is 2.31. The summed E-state index contributed by atoms with van der Waals surface area (Å²) in [6.45, 7) is 0. The number of nitrogens with two attached hydrogens (primary N) is 1. The highest BCUT2D eigenvalue weighted by Gasteiger charge is 2.21. The van der Waals surface area contributed by atoms with Crippen LogP contribution in [0.1, 0.15) is 43.7 Å². The summed E-state index contributed by atoms with van der Waals surface area (Å²) in [4.78, 5) is 10.6. The average molecular weight is 249 g/mol. The van der Waals surface area contributed by atoms with Crippen molar-refractivity contribution in [2.24, 2.45) is 5.73 Å². The summed E-state index contributed by atoms with van der Waals surface area (Å²) in [5, 5.41) is 8.68. The van der Waals surface area contributed by atoms with Gasteiger partial charge in [-0.1, -0.05) is 18.2 Å².